The normalized spacial score (nSPS) is 31.9. The predicted molar refractivity (Wildman–Crippen MR) is 59.8 cm³/mol. The largest absolute Gasteiger partial charge is 0.238 e. The van der Waals surface area contributed by atoms with Gasteiger partial charge in [0, 0.05) is 38.0 Å². The molecule has 0 radical (unpaired) electrons. The molecule has 0 saturated carbocycles. The van der Waals surface area contributed by atoms with Gasteiger partial charge in [-0.3, -0.25) is 0 Å². The van der Waals surface area contributed by atoms with E-state index in [1.807, 2.05) is 26.2 Å². The molecule has 0 fully saturated rings. The first-order valence-corrected chi connectivity index (χ1v) is 6.52. The molecule has 80 valence electrons. The zero-order valence-corrected chi connectivity index (χ0v) is 9.88. The SMILES string of the molecule is CN1CC=CS1=O.CN1CC=CS1=O. The summed E-state index contributed by atoms with van der Waals surface area (Å²) < 4.78 is 24.6. The maximum Gasteiger partial charge on any atom is 0.119 e. The lowest BCUT2D eigenvalue weighted by Crippen LogP contribution is -2.13. The van der Waals surface area contributed by atoms with Gasteiger partial charge in [-0.05, 0) is 0 Å². The van der Waals surface area contributed by atoms with Crippen LogP contribution in [0.1, 0.15) is 0 Å². The molecule has 0 spiro atoms. The summed E-state index contributed by atoms with van der Waals surface area (Å²) in [5, 5.41) is 3.39. The monoisotopic (exact) mass is 234 g/mol. The smallest absolute Gasteiger partial charge is 0.119 e. The molecule has 0 bridgehead atoms. The van der Waals surface area contributed by atoms with Gasteiger partial charge in [0.25, 0.3) is 0 Å². The first-order chi connectivity index (χ1) is 6.61. The van der Waals surface area contributed by atoms with Crippen molar-refractivity contribution >= 4 is 22.0 Å². The van der Waals surface area contributed by atoms with Crippen LogP contribution < -0.4 is 0 Å². The molecule has 0 N–H and O–H groups in total. The molecule has 2 atom stereocenters. The molecule has 0 saturated heterocycles. The molecular formula is C8H14N2O2S2. The molecule has 2 aliphatic rings. The van der Waals surface area contributed by atoms with E-state index < -0.39 is 22.0 Å². The van der Waals surface area contributed by atoms with Gasteiger partial charge in [-0.2, -0.15) is 0 Å². The molecular weight excluding hydrogens is 220 g/mol. The van der Waals surface area contributed by atoms with Crippen molar-refractivity contribution in [1.29, 1.82) is 0 Å². The van der Waals surface area contributed by atoms with Crippen molar-refractivity contribution in [3.8, 4) is 0 Å². The third-order valence-electron chi connectivity index (χ3n) is 1.76. The second-order valence-corrected chi connectivity index (χ2v) is 5.81. The van der Waals surface area contributed by atoms with E-state index in [1.54, 1.807) is 19.4 Å². The van der Waals surface area contributed by atoms with Crippen molar-refractivity contribution in [2.45, 2.75) is 0 Å². The molecule has 0 amide bonds. The topological polar surface area (TPSA) is 40.6 Å². The summed E-state index contributed by atoms with van der Waals surface area (Å²) in [5.74, 6) is 0. The fourth-order valence-electron chi connectivity index (χ4n) is 0.902. The van der Waals surface area contributed by atoms with Crippen molar-refractivity contribution in [3.05, 3.63) is 23.0 Å². The summed E-state index contributed by atoms with van der Waals surface area (Å²) >= 11 is 0. The summed E-state index contributed by atoms with van der Waals surface area (Å²) in [5.41, 5.74) is 0. The van der Waals surface area contributed by atoms with Gasteiger partial charge in [0.15, 0.2) is 0 Å². The Hall–Kier alpha value is -0.300. The molecule has 2 unspecified atom stereocenters. The molecule has 4 nitrogen and oxygen atoms in total. The fraction of sp³-hybridized carbons (Fsp3) is 0.500. The van der Waals surface area contributed by atoms with Crippen LogP contribution in [-0.4, -0.2) is 44.2 Å². The van der Waals surface area contributed by atoms with Gasteiger partial charge in [-0.15, -0.1) is 0 Å². The lowest BCUT2D eigenvalue weighted by molar-refractivity contribution is 0.586. The van der Waals surface area contributed by atoms with Gasteiger partial charge >= 0.3 is 0 Å². The lowest BCUT2D eigenvalue weighted by atomic mass is 10.6. The number of likely N-dealkylation sites (N-methyl/N-ethyl adjacent to an activating group) is 2. The van der Waals surface area contributed by atoms with Crippen LogP contribution in [0.15, 0.2) is 23.0 Å². The van der Waals surface area contributed by atoms with Crippen LogP contribution in [0.4, 0.5) is 0 Å². The van der Waals surface area contributed by atoms with Crippen LogP contribution in [0.3, 0.4) is 0 Å². The van der Waals surface area contributed by atoms with Crippen LogP contribution in [0.25, 0.3) is 0 Å². The highest BCUT2D eigenvalue weighted by molar-refractivity contribution is 7.86. The summed E-state index contributed by atoms with van der Waals surface area (Å²) in [6.45, 7) is 1.65. The second kappa shape index (κ2) is 5.55. The molecule has 0 aromatic heterocycles. The Bertz CT molecular complexity index is 272. The third-order valence-corrected chi connectivity index (χ3v) is 4.14. The quantitative estimate of drug-likeness (QED) is 0.601. The zero-order chi connectivity index (χ0) is 10.6. The molecule has 2 aliphatic heterocycles. The number of nitrogens with zero attached hydrogens (tertiary/aromatic N) is 2. The first-order valence-electron chi connectivity index (χ1n) is 4.18. The maximum atomic E-state index is 10.5. The van der Waals surface area contributed by atoms with Gasteiger partial charge in [-0.1, -0.05) is 12.2 Å². The van der Waals surface area contributed by atoms with Gasteiger partial charge in [0.2, 0.25) is 0 Å². The molecule has 2 heterocycles. The maximum absolute atomic E-state index is 10.5. The molecule has 2 rings (SSSR count). The Morgan fingerprint density at radius 1 is 0.929 bits per heavy atom. The molecule has 6 heteroatoms. The van der Waals surface area contributed by atoms with Crippen molar-refractivity contribution in [2.75, 3.05) is 27.2 Å². The molecule has 0 aromatic carbocycles. The average Bonchev–Trinajstić information content (AvgIpc) is 2.67. The van der Waals surface area contributed by atoms with Gasteiger partial charge in [-0.25, -0.2) is 17.0 Å². The fourth-order valence-corrected chi connectivity index (χ4v) is 2.29. The minimum atomic E-state index is -0.815. The van der Waals surface area contributed by atoms with E-state index in [9.17, 15) is 8.42 Å². The molecule has 14 heavy (non-hydrogen) atoms. The lowest BCUT2D eigenvalue weighted by Gasteiger charge is -2.00. The van der Waals surface area contributed by atoms with Gasteiger partial charge < -0.3 is 0 Å². The van der Waals surface area contributed by atoms with E-state index in [-0.39, 0.29) is 0 Å². The highest BCUT2D eigenvalue weighted by Gasteiger charge is 2.06. The highest BCUT2D eigenvalue weighted by Crippen LogP contribution is 2.00. The Kier molecular flexibility index (Phi) is 4.67. The summed E-state index contributed by atoms with van der Waals surface area (Å²) in [6, 6.07) is 0. The van der Waals surface area contributed by atoms with Crippen molar-refractivity contribution in [2.24, 2.45) is 0 Å². The van der Waals surface area contributed by atoms with Gasteiger partial charge in [0.1, 0.15) is 22.0 Å². The minimum Gasteiger partial charge on any atom is -0.238 e. The van der Waals surface area contributed by atoms with Crippen LogP contribution in [-0.2, 0) is 22.0 Å². The van der Waals surface area contributed by atoms with E-state index in [0.717, 1.165) is 13.1 Å². The molecule has 0 aliphatic carbocycles. The highest BCUT2D eigenvalue weighted by atomic mass is 32.2. The number of hydrogen-bond acceptors (Lipinski definition) is 2. The Morgan fingerprint density at radius 2 is 1.29 bits per heavy atom. The Balaban J connectivity index is 0.000000140. The number of rotatable bonds is 0. The van der Waals surface area contributed by atoms with Crippen molar-refractivity contribution in [3.63, 3.8) is 0 Å². The summed E-state index contributed by atoms with van der Waals surface area (Å²) in [6.07, 6.45) is 3.80. The number of hydrogen-bond donors (Lipinski definition) is 0. The first kappa shape index (κ1) is 11.8. The second-order valence-electron chi connectivity index (χ2n) is 2.92. The van der Waals surface area contributed by atoms with Crippen LogP contribution in [0.5, 0.6) is 0 Å². The van der Waals surface area contributed by atoms with Crippen molar-refractivity contribution < 1.29 is 8.42 Å². The zero-order valence-electron chi connectivity index (χ0n) is 8.25. The van der Waals surface area contributed by atoms with E-state index >= 15 is 0 Å². The van der Waals surface area contributed by atoms with Crippen LogP contribution >= 0.6 is 0 Å². The van der Waals surface area contributed by atoms with Crippen LogP contribution in [0.2, 0.25) is 0 Å². The van der Waals surface area contributed by atoms with E-state index in [4.69, 9.17) is 0 Å². The van der Waals surface area contributed by atoms with E-state index in [0.29, 0.717) is 0 Å². The van der Waals surface area contributed by atoms with Gasteiger partial charge in [0.05, 0.1) is 0 Å². The Morgan fingerprint density at radius 3 is 1.36 bits per heavy atom. The standard InChI is InChI=1S/2C4H7NOS/c2*1-5-3-2-4-7(5)6/h2*2,4H,3H2,1H3. The summed E-state index contributed by atoms with van der Waals surface area (Å²) in [7, 11) is 2.03. The molecule has 0 aromatic rings. The Labute approximate surface area is 89.4 Å². The third kappa shape index (κ3) is 3.45. The van der Waals surface area contributed by atoms with Crippen molar-refractivity contribution in [1.82, 2.24) is 8.61 Å². The minimum absolute atomic E-state index is 0.815. The summed E-state index contributed by atoms with van der Waals surface area (Å²) in [4.78, 5) is 0. The average molecular weight is 234 g/mol. The van der Waals surface area contributed by atoms with Crippen LogP contribution in [0, 0.1) is 0 Å². The van der Waals surface area contributed by atoms with E-state index in [1.165, 1.54) is 0 Å². The van der Waals surface area contributed by atoms with E-state index in [2.05, 4.69) is 0 Å². The predicted octanol–water partition coefficient (Wildman–Crippen LogP) is 0.218.